The third-order valence-electron chi connectivity index (χ3n) is 6.94. The van der Waals surface area contributed by atoms with E-state index >= 15 is 0 Å². The van der Waals surface area contributed by atoms with Gasteiger partial charge in [0.2, 0.25) is 5.95 Å². The summed E-state index contributed by atoms with van der Waals surface area (Å²) in [7, 11) is 0. The Balaban J connectivity index is 0.975. The van der Waals surface area contributed by atoms with Crippen molar-refractivity contribution < 1.29 is 4.74 Å². The number of hydrogen-bond donors (Lipinski definition) is 2. The molecule has 4 aromatic rings. The summed E-state index contributed by atoms with van der Waals surface area (Å²) in [6.07, 6.45) is 10.7. The number of aromatic amines is 2. The Morgan fingerprint density at radius 1 is 1.09 bits per heavy atom. The Labute approximate surface area is 192 Å². The smallest absolute Gasteiger partial charge is 0.205 e. The number of piperidine rings is 1. The van der Waals surface area contributed by atoms with Crippen molar-refractivity contribution in [2.45, 2.75) is 44.8 Å². The molecule has 6 heterocycles. The fourth-order valence-electron chi connectivity index (χ4n) is 5.10. The summed E-state index contributed by atoms with van der Waals surface area (Å²) >= 11 is 0. The minimum Gasteiger partial charge on any atom is -0.373 e. The van der Waals surface area contributed by atoms with Gasteiger partial charge in [0.15, 0.2) is 5.65 Å². The lowest BCUT2D eigenvalue weighted by molar-refractivity contribution is -0.0178. The molecule has 2 aliphatic rings. The molecule has 6 rings (SSSR count). The van der Waals surface area contributed by atoms with Crippen molar-refractivity contribution in [3.8, 4) is 0 Å². The van der Waals surface area contributed by atoms with Crippen molar-refractivity contribution in [3.05, 3.63) is 42.1 Å². The molecule has 0 bridgehead atoms. The zero-order valence-corrected chi connectivity index (χ0v) is 19.0. The minimum atomic E-state index is 0.336. The highest BCUT2D eigenvalue weighted by molar-refractivity contribution is 5.78. The van der Waals surface area contributed by atoms with E-state index in [1.165, 1.54) is 5.56 Å². The number of likely N-dealkylation sites (tertiary alicyclic amines) is 1. The SMILES string of the molecule is Cc1ncc2c(CCN3CCC(OC4CCN(c5nc6ncccc6[nH]5)CC4)C3)c[nH]c2n1. The number of nitrogens with zero attached hydrogens (tertiary/aromatic N) is 6. The van der Waals surface area contributed by atoms with Gasteiger partial charge in [-0.1, -0.05) is 0 Å². The highest BCUT2D eigenvalue weighted by Gasteiger charge is 2.28. The summed E-state index contributed by atoms with van der Waals surface area (Å²) in [5.74, 6) is 1.72. The van der Waals surface area contributed by atoms with Crippen LogP contribution in [0.15, 0.2) is 30.7 Å². The van der Waals surface area contributed by atoms with Gasteiger partial charge in [0, 0.05) is 56.7 Å². The summed E-state index contributed by atoms with van der Waals surface area (Å²) in [5.41, 5.74) is 4.01. The molecule has 0 amide bonds. The molecule has 0 aliphatic carbocycles. The number of aryl methyl sites for hydroxylation is 1. The maximum absolute atomic E-state index is 6.51. The van der Waals surface area contributed by atoms with Crippen LogP contribution in [0.4, 0.5) is 5.95 Å². The van der Waals surface area contributed by atoms with Crippen LogP contribution in [0.1, 0.15) is 30.7 Å². The second-order valence-corrected chi connectivity index (χ2v) is 9.21. The Morgan fingerprint density at radius 3 is 2.85 bits per heavy atom. The molecular weight excluding hydrogens is 416 g/mol. The molecule has 4 aromatic heterocycles. The van der Waals surface area contributed by atoms with E-state index in [4.69, 9.17) is 4.74 Å². The summed E-state index contributed by atoms with van der Waals surface area (Å²) in [5, 5.41) is 1.14. The van der Waals surface area contributed by atoms with Crippen molar-refractivity contribution in [2.24, 2.45) is 0 Å². The van der Waals surface area contributed by atoms with Gasteiger partial charge in [0.25, 0.3) is 0 Å². The van der Waals surface area contributed by atoms with Gasteiger partial charge in [-0.2, -0.15) is 4.98 Å². The van der Waals surface area contributed by atoms with Crippen LogP contribution < -0.4 is 4.90 Å². The lowest BCUT2D eigenvalue weighted by atomic mass is 10.1. The summed E-state index contributed by atoms with van der Waals surface area (Å²) in [6.45, 7) is 7.01. The number of hydrogen-bond acceptors (Lipinski definition) is 7. The molecule has 33 heavy (non-hydrogen) atoms. The number of nitrogens with one attached hydrogen (secondary N) is 2. The maximum atomic E-state index is 6.51. The third-order valence-corrected chi connectivity index (χ3v) is 6.94. The normalized spacial score (nSPS) is 20.4. The van der Waals surface area contributed by atoms with Gasteiger partial charge in [0.1, 0.15) is 11.5 Å². The number of aromatic nitrogens is 6. The number of rotatable bonds is 6. The van der Waals surface area contributed by atoms with Crippen molar-refractivity contribution >= 4 is 28.1 Å². The molecule has 0 saturated carbocycles. The molecule has 2 fully saturated rings. The molecule has 2 N–H and O–H groups in total. The lowest BCUT2D eigenvalue weighted by Crippen LogP contribution is -2.39. The summed E-state index contributed by atoms with van der Waals surface area (Å²) in [6, 6.07) is 3.96. The van der Waals surface area contributed by atoms with E-state index in [-0.39, 0.29) is 0 Å². The van der Waals surface area contributed by atoms with Gasteiger partial charge in [-0.3, -0.25) is 0 Å². The monoisotopic (exact) mass is 446 g/mol. The molecule has 2 saturated heterocycles. The number of H-pyrrole nitrogens is 2. The average Bonchev–Trinajstić information content (AvgIpc) is 3.56. The molecule has 0 radical (unpaired) electrons. The lowest BCUT2D eigenvalue weighted by Gasteiger charge is -2.33. The van der Waals surface area contributed by atoms with Gasteiger partial charge in [-0.05, 0) is 50.3 Å². The van der Waals surface area contributed by atoms with E-state index in [0.717, 1.165) is 92.4 Å². The zero-order valence-electron chi connectivity index (χ0n) is 19.0. The fraction of sp³-hybridized carbons (Fsp3) is 0.500. The Kier molecular flexibility index (Phi) is 5.43. The predicted octanol–water partition coefficient (Wildman–Crippen LogP) is 2.84. The molecule has 1 unspecified atom stereocenters. The zero-order chi connectivity index (χ0) is 22.2. The molecule has 172 valence electrons. The van der Waals surface area contributed by atoms with Gasteiger partial charge in [0.05, 0.1) is 17.7 Å². The largest absolute Gasteiger partial charge is 0.373 e. The quantitative estimate of drug-likeness (QED) is 0.470. The second kappa shape index (κ2) is 8.72. The first-order valence-corrected chi connectivity index (χ1v) is 11.9. The summed E-state index contributed by atoms with van der Waals surface area (Å²) < 4.78 is 6.51. The maximum Gasteiger partial charge on any atom is 0.205 e. The van der Waals surface area contributed by atoms with Crippen LogP contribution in [0.2, 0.25) is 0 Å². The van der Waals surface area contributed by atoms with E-state index in [0.29, 0.717) is 12.2 Å². The van der Waals surface area contributed by atoms with Gasteiger partial charge < -0.3 is 24.5 Å². The molecule has 1 atom stereocenters. The highest BCUT2D eigenvalue weighted by Crippen LogP contribution is 2.24. The van der Waals surface area contributed by atoms with Gasteiger partial charge in [-0.25, -0.2) is 15.0 Å². The van der Waals surface area contributed by atoms with Gasteiger partial charge in [-0.15, -0.1) is 0 Å². The fourth-order valence-corrected chi connectivity index (χ4v) is 5.10. The molecular formula is C24H30N8O. The van der Waals surface area contributed by atoms with Crippen LogP contribution in [0, 0.1) is 6.92 Å². The highest BCUT2D eigenvalue weighted by atomic mass is 16.5. The van der Waals surface area contributed by atoms with Crippen LogP contribution in [0.5, 0.6) is 0 Å². The Morgan fingerprint density at radius 2 is 1.97 bits per heavy atom. The number of imidazole rings is 1. The van der Waals surface area contributed by atoms with E-state index in [1.807, 2.05) is 25.3 Å². The summed E-state index contributed by atoms with van der Waals surface area (Å²) in [4.78, 5) is 29.3. The molecule has 2 aliphatic heterocycles. The minimum absolute atomic E-state index is 0.336. The Bertz CT molecular complexity index is 1210. The number of pyridine rings is 1. The van der Waals surface area contributed by atoms with Crippen molar-refractivity contribution in [1.29, 1.82) is 0 Å². The van der Waals surface area contributed by atoms with Crippen molar-refractivity contribution in [2.75, 3.05) is 37.6 Å². The van der Waals surface area contributed by atoms with Crippen LogP contribution in [0.25, 0.3) is 22.2 Å². The predicted molar refractivity (Wildman–Crippen MR) is 127 cm³/mol. The van der Waals surface area contributed by atoms with E-state index in [2.05, 4.69) is 45.9 Å². The molecule has 0 spiro atoms. The first kappa shape index (κ1) is 20.6. The first-order chi connectivity index (χ1) is 16.2. The number of ether oxygens (including phenoxy) is 1. The molecule has 9 nitrogen and oxygen atoms in total. The van der Waals surface area contributed by atoms with Crippen LogP contribution >= 0.6 is 0 Å². The molecule has 0 aromatic carbocycles. The van der Waals surface area contributed by atoms with E-state index < -0.39 is 0 Å². The van der Waals surface area contributed by atoms with Crippen LogP contribution in [-0.4, -0.2) is 79.7 Å². The van der Waals surface area contributed by atoms with Crippen molar-refractivity contribution in [1.82, 2.24) is 34.8 Å². The van der Waals surface area contributed by atoms with Gasteiger partial charge >= 0.3 is 0 Å². The molecule has 9 heteroatoms. The number of anilines is 1. The van der Waals surface area contributed by atoms with Crippen LogP contribution in [-0.2, 0) is 11.2 Å². The first-order valence-electron chi connectivity index (χ1n) is 11.9. The van der Waals surface area contributed by atoms with Crippen molar-refractivity contribution in [3.63, 3.8) is 0 Å². The number of fused-ring (bicyclic) bond motifs is 2. The average molecular weight is 447 g/mol. The van der Waals surface area contributed by atoms with E-state index in [1.54, 1.807) is 6.20 Å². The third kappa shape index (κ3) is 4.30. The standard InChI is InChI=1S/C24H30N8O/c1-16-26-14-20-17(13-27-22(20)28-16)4-9-31-10-5-19(15-31)33-18-6-11-32(12-7-18)24-29-21-3-2-8-25-23(21)30-24/h2-3,8,13-14,18-19H,4-7,9-12,15H2,1H3,(H,25,29,30)(H,26,27,28). The van der Waals surface area contributed by atoms with E-state index in [9.17, 15) is 0 Å². The second-order valence-electron chi connectivity index (χ2n) is 9.21. The van der Waals surface area contributed by atoms with Crippen LogP contribution in [0.3, 0.4) is 0 Å². The Hall–Kier alpha value is -3.04. The topological polar surface area (TPSA) is 98.9 Å².